The molecule has 0 bridgehead atoms. The second-order valence-electron chi connectivity index (χ2n) is 8.05. The highest BCUT2D eigenvalue weighted by Gasteiger charge is 2.48. The Bertz CT molecular complexity index is 776. The molecule has 1 aliphatic carbocycles. The van der Waals surface area contributed by atoms with Gasteiger partial charge in [-0.15, -0.1) is 0 Å². The van der Waals surface area contributed by atoms with Crippen molar-refractivity contribution in [3.8, 4) is 0 Å². The Morgan fingerprint density at radius 2 is 1.72 bits per heavy atom. The summed E-state index contributed by atoms with van der Waals surface area (Å²) in [6.45, 7) is 12.0. The van der Waals surface area contributed by atoms with E-state index in [0.29, 0.717) is 0 Å². The van der Waals surface area contributed by atoms with Crippen LogP contribution in [0, 0.1) is 0 Å². The maximum Gasteiger partial charge on any atom is 0.0970 e. The lowest BCUT2D eigenvalue weighted by Gasteiger charge is -2.42. The zero-order valence-corrected chi connectivity index (χ0v) is 15.9. The van der Waals surface area contributed by atoms with Gasteiger partial charge >= 0.3 is 0 Å². The monoisotopic (exact) mass is 338 g/mol. The van der Waals surface area contributed by atoms with Gasteiger partial charge in [0.05, 0.1) is 17.3 Å². The number of benzene rings is 2. The fourth-order valence-electron chi connectivity index (χ4n) is 4.28. The second-order valence-corrected chi connectivity index (χ2v) is 8.05. The van der Waals surface area contributed by atoms with Gasteiger partial charge in [-0.25, -0.2) is 0 Å². The summed E-state index contributed by atoms with van der Waals surface area (Å²) in [5, 5.41) is 13.2. The molecule has 134 valence electrons. The smallest absolute Gasteiger partial charge is 0.0970 e. The molecule has 3 rings (SSSR count). The minimum absolute atomic E-state index is 0.0754. The SMILES string of the molecule is C=C(C)c1cccc2c(C(C)OC3(C(C)(C)O)CCCC3)cccc12. The molecule has 2 heteroatoms. The van der Waals surface area contributed by atoms with Crippen LogP contribution in [0.25, 0.3) is 16.3 Å². The summed E-state index contributed by atoms with van der Waals surface area (Å²) < 4.78 is 6.59. The Labute approximate surface area is 151 Å². The number of rotatable bonds is 5. The highest BCUT2D eigenvalue weighted by atomic mass is 16.5. The number of aliphatic hydroxyl groups is 1. The molecule has 1 atom stereocenters. The van der Waals surface area contributed by atoms with E-state index in [2.05, 4.69) is 49.9 Å². The van der Waals surface area contributed by atoms with Crippen LogP contribution in [-0.2, 0) is 4.74 Å². The fourth-order valence-corrected chi connectivity index (χ4v) is 4.28. The number of allylic oxidation sites excluding steroid dienone is 1. The van der Waals surface area contributed by atoms with Crippen LogP contribution in [0.5, 0.6) is 0 Å². The van der Waals surface area contributed by atoms with Gasteiger partial charge in [-0.2, -0.15) is 0 Å². The van der Waals surface area contributed by atoms with E-state index < -0.39 is 11.2 Å². The summed E-state index contributed by atoms with van der Waals surface area (Å²) in [6.07, 6.45) is 4.00. The van der Waals surface area contributed by atoms with Crippen molar-refractivity contribution >= 4 is 16.3 Å². The van der Waals surface area contributed by atoms with Crippen molar-refractivity contribution in [1.82, 2.24) is 0 Å². The van der Waals surface area contributed by atoms with E-state index in [4.69, 9.17) is 4.74 Å². The van der Waals surface area contributed by atoms with Gasteiger partial charge in [-0.3, -0.25) is 0 Å². The molecule has 0 amide bonds. The zero-order valence-electron chi connectivity index (χ0n) is 15.9. The Kier molecular flexibility index (Phi) is 4.78. The van der Waals surface area contributed by atoms with Gasteiger partial charge < -0.3 is 9.84 Å². The standard InChI is InChI=1S/C23H30O2/c1-16(2)18-10-8-13-21-19(11-9-12-20(18)21)17(3)25-23(22(4,5)24)14-6-7-15-23/h8-13,17,24H,1,6-7,14-15H2,2-5H3. The molecule has 2 aromatic rings. The number of hydrogen-bond donors (Lipinski definition) is 1. The average Bonchev–Trinajstić information content (AvgIpc) is 3.03. The fraction of sp³-hybridized carbons (Fsp3) is 0.478. The van der Waals surface area contributed by atoms with Crippen molar-refractivity contribution in [2.45, 2.75) is 70.7 Å². The minimum atomic E-state index is -0.842. The lowest BCUT2D eigenvalue weighted by molar-refractivity contribution is -0.188. The van der Waals surface area contributed by atoms with E-state index in [1.54, 1.807) is 0 Å². The summed E-state index contributed by atoms with van der Waals surface area (Å²) in [5.74, 6) is 0. The largest absolute Gasteiger partial charge is 0.387 e. The highest BCUT2D eigenvalue weighted by Crippen LogP contribution is 2.45. The minimum Gasteiger partial charge on any atom is -0.387 e. The molecule has 0 spiro atoms. The van der Waals surface area contributed by atoms with Crippen molar-refractivity contribution in [3.63, 3.8) is 0 Å². The van der Waals surface area contributed by atoms with Crippen molar-refractivity contribution in [2.75, 3.05) is 0 Å². The molecule has 1 saturated carbocycles. The van der Waals surface area contributed by atoms with Crippen LogP contribution in [-0.4, -0.2) is 16.3 Å². The number of hydrogen-bond acceptors (Lipinski definition) is 2. The van der Waals surface area contributed by atoms with Crippen molar-refractivity contribution in [3.05, 3.63) is 54.1 Å². The quantitative estimate of drug-likeness (QED) is 0.721. The molecular formula is C23H30O2. The Balaban J connectivity index is 2.02. The molecule has 25 heavy (non-hydrogen) atoms. The lowest BCUT2D eigenvalue weighted by atomic mass is 9.83. The van der Waals surface area contributed by atoms with E-state index in [0.717, 1.165) is 31.3 Å². The Hall–Kier alpha value is -1.64. The third-order valence-electron chi connectivity index (χ3n) is 5.78. The van der Waals surface area contributed by atoms with E-state index in [1.807, 2.05) is 20.8 Å². The Morgan fingerprint density at radius 3 is 2.32 bits per heavy atom. The molecule has 1 aliphatic rings. The zero-order chi connectivity index (χ0) is 18.2. The highest BCUT2D eigenvalue weighted by molar-refractivity contribution is 5.95. The van der Waals surface area contributed by atoms with Crippen LogP contribution in [0.2, 0.25) is 0 Å². The van der Waals surface area contributed by atoms with Crippen LogP contribution in [0.15, 0.2) is 43.0 Å². The molecule has 0 heterocycles. The average molecular weight is 338 g/mol. The molecule has 2 aromatic carbocycles. The molecule has 0 aromatic heterocycles. The first-order valence-electron chi connectivity index (χ1n) is 9.33. The predicted octanol–water partition coefficient (Wildman–Crippen LogP) is 6.03. The summed E-state index contributed by atoms with van der Waals surface area (Å²) >= 11 is 0. The van der Waals surface area contributed by atoms with Crippen LogP contribution in [0.4, 0.5) is 0 Å². The van der Waals surface area contributed by atoms with E-state index >= 15 is 0 Å². The molecule has 1 unspecified atom stereocenters. The number of fused-ring (bicyclic) bond motifs is 1. The molecule has 0 radical (unpaired) electrons. The first kappa shape index (κ1) is 18.2. The molecule has 2 nitrogen and oxygen atoms in total. The third-order valence-corrected chi connectivity index (χ3v) is 5.78. The summed E-state index contributed by atoms with van der Waals surface area (Å²) in [7, 11) is 0. The second kappa shape index (κ2) is 6.59. The summed E-state index contributed by atoms with van der Waals surface area (Å²) in [4.78, 5) is 0. The van der Waals surface area contributed by atoms with Crippen LogP contribution < -0.4 is 0 Å². The predicted molar refractivity (Wildman–Crippen MR) is 106 cm³/mol. The number of ether oxygens (including phenoxy) is 1. The van der Waals surface area contributed by atoms with Crippen molar-refractivity contribution in [1.29, 1.82) is 0 Å². The molecule has 0 aliphatic heterocycles. The molecule has 1 N–H and O–H groups in total. The first-order valence-corrected chi connectivity index (χ1v) is 9.33. The summed E-state index contributed by atoms with van der Waals surface area (Å²) in [6, 6.07) is 12.7. The van der Waals surface area contributed by atoms with Gasteiger partial charge in [0, 0.05) is 0 Å². The topological polar surface area (TPSA) is 29.5 Å². The molecule has 0 saturated heterocycles. The van der Waals surface area contributed by atoms with Crippen LogP contribution >= 0.6 is 0 Å². The molecular weight excluding hydrogens is 308 g/mol. The van der Waals surface area contributed by atoms with Gasteiger partial charge in [0.1, 0.15) is 0 Å². The molecule has 1 fully saturated rings. The lowest BCUT2D eigenvalue weighted by Crippen LogP contribution is -2.50. The first-order chi connectivity index (χ1) is 11.8. The Morgan fingerprint density at radius 1 is 1.12 bits per heavy atom. The van der Waals surface area contributed by atoms with Gasteiger partial charge in [-0.1, -0.05) is 61.4 Å². The maximum absolute atomic E-state index is 10.8. The van der Waals surface area contributed by atoms with Gasteiger partial charge in [0.2, 0.25) is 0 Å². The van der Waals surface area contributed by atoms with E-state index in [9.17, 15) is 5.11 Å². The summed E-state index contributed by atoms with van der Waals surface area (Å²) in [5.41, 5.74) is 2.13. The van der Waals surface area contributed by atoms with Gasteiger partial charge in [-0.05, 0) is 62.4 Å². The van der Waals surface area contributed by atoms with Crippen LogP contribution in [0.1, 0.15) is 70.6 Å². The van der Waals surface area contributed by atoms with E-state index in [-0.39, 0.29) is 6.10 Å². The van der Waals surface area contributed by atoms with E-state index in [1.165, 1.54) is 21.9 Å². The van der Waals surface area contributed by atoms with Gasteiger partial charge in [0.25, 0.3) is 0 Å². The third kappa shape index (κ3) is 3.26. The van der Waals surface area contributed by atoms with Crippen molar-refractivity contribution in [2.24, 2.45) is 0 Å². The van der Waals surface area contributed by atoms with Gasteiger partial charge in [0.15, 0.2) is 0 Å². The van der Waals surface area contributed by atoms with Crippen molar-refractivity contribution < 1.29 is 9.84 Å². The normalized spacial score (nSPS) is 18.4. The van der Waals surface area contributed by atoms with Crippen LogP contribution in [0.3, 0.4) is 0 Å². The maximum atomic E-state index is 10.8.